The zero-order valence-corrected chi connectivity index (χ0v) is 13.3. The van der Waals surface area contributed by atoms with Crippen molar-refractivity contribution >= 4 is 22.7 Å². The van der Waals surface area contributed by atoms with E-state index in [-0.39, 0.29) is 22.6 Å². The number of carboxylic acid groups (broad SMARTS) is 1. The van der Waals surface area contributed by atoms with Crippen LogP contribution in [0.4, 0.5) is 0 Å². The summed E-state index contributed by atoms with van der Waals surface area (Å²) in [7, 11) is -1.02. The van der Waals surface area contributed by atoms with Gasteiger partial charge in [0.2, 0.25) is 5.91 Å². The molecule has 1 aromatic rings. The highest BCUT2D eigenvalue weighted by atomic mass is 32.2. The molecule has 1 atom stereocenters. The number of carbonyl (C=O) groups excluding carboxylic acids is 1. The van der Waals surface area contributed by atoms with Crippen molar-refractivity contribution in [3.8, 4) is 0 Å². The first kappa shape index (κ1) is 17.4. The Morgan fingerprint density at radius 1 is 1.24 bits per heavy atom. The van der Waals surface area contributed by atoms with E-state index in [0.717, 1.165) is 0 Å². The highest BCUT2D eigenvalue weighted by molar-refractivity contribution is 7.86. The maximum absolute atomic E-state index is 11.8. The van der Waals surface area contributed by atoms with Gasteiger partial charge in [0, 0.05) is 27.8 Å². The lowest BCUT2D eigenvalue weighted by Gasteiger charge is -2.17. The second-order valence-corrected chi connectivity index (χ2v) is 7.98. The molecule has 0 fully saturated rings. The topological polar surface area (TPSA) is 83.5 Å². The fourth-order valence-corrected chi connectivity index (χ4v) is 2.61. The van der Waals surface area contributed by atoms with Crippen LogP contribution in [-0.4, -0.2) is 38.2 Å². The molecule has 0 aliphatic carbocycles. The predicted molar refractivity (Wildman–Crippen MR) is 82.9 cm³/mol. The molecule has 0 heterocycles. The summed E-state index contributed by atoms with van der Waals surface area (Å²) in [5, 5.41) is 11.7. The van der Waals surface area contributed by atoms with Crippen molar-refractivity contribution < 1.29 is 18.9 Å². The summed E-state index contributed by atoms with van der Waals surface area (Å²) in [5.74, 6) is -0.933. The molecule has 2 N–H and O–H groups in total. The molecule has 0 aliphatic rings. The molecule has 0 spiro atoms. The van der Waals surface area contributed by atoms with E-state index in [4.69, 9.17) is 5.11 Å². The molecule has 1 unspecified atom stereocenters. The van der Waals surface area contributed by atoms with Crippen molar-refractivity contribution in [2.24, 2.45) is 0 Å². The van der Waals surface area contributed by atoms with Gasteiger partial charge in [-0.15, -0.1) is 0 Å². The Labute approximate surface area is 127 Å². The van der Waals surface area contributed by atoms with E-state index in [2.05, 4.69) is 5.32 Å². The smallest absolute Gasteiger partial charge is 0.335 e. The largest absolute Gasteiger partial charge is 0.478 e. The van der Waals surface area contributed by atoms with Crippen LogP contribution >= 0.6 is 0 Å². The Morgan fingerprint density at radius 3 is 2.43 bits per heavy atom. The van der Waals surface area contributed by atoms with Crippen LogP contribution in [-0.2, 0) is 22.0 Å². The quantitative estimate of drug-likeness (QED) is 0.835. The minimum atomic E-state index is -1.05. The number of rotatable bonds is 6. The maximum Gasteiger partial charge on any atom is 0.335 e. The first-order chi connectivity index (χ1) is 9.71. The van der Waals surface area contributed by atoms with Crippen LogP contribution in [0.25, 0.3) is 0 Å². The minimum absolute atomic E-state index is 0.00459. The molecule has 1 rings (SSSR count). The van der Waals surface area contributed by atoms with E-state index in [0.29, 0.717) is 17.9 Å². The summed E-state index contributed by atoms with van der Waals surface area (Å²) in [4.78, 5) is 22.9. The van der Waals surface area contributed by atoms with Gasteiger partial charge in [-0.3, -0.25) is 9.00 Å². The molecule has 1 aromatic carbocycles. The molecule has 21 heavy (non-hydrogen) atoms. The molecule has 5 nitrogen and oxygen atoms in total. The fraction of sp³-hybridized carbons (Fsp3) is 0.467. The molecule has 1 amide bonds. The summed E-state index contributed by atoms with van der Waals surface area (Å²) < 4.78 is 11.5. The normalized spacial score (nSPS) is 12.7. The van der Waals surface area contributed by atoms with Gasteiger partial charge < -0.3 is 10.4 Å². The number of hydrogen-bond donors (Lipinski definition) is 2. The van der Waals surface area contributed by atoms with Crippen LogP contribution in [0.3, 0.4) is 0 Å². The fourth-order valence-electron chi connectivity index (χ4n) is 1.71. The highest BCUT2D eigenvalue weighted by Crippen LogP contribution is 2.11. The molecular weight excluding hydrogens is 290 g/mol. The summed E-state index contributed by atoms with van der Waals surface area (Å²) >= 11 is 0. The Hall–Kier alpha value is -1.69. The number of carbonyl (C=O) groups is 2. The van der Waals surface area contributed by atoms with E-state index in [1.807, 2.05) is 20.8 Å². The average Bonchev–Trinajstić information content (AvgIpc) is 2.37. The molecule has 0 saturated heterocycles. The Bertz CT molecular complexity index is 549. The lowest BCUT2D eigenvalue weighted by Crippen LogP contribution is -2.33. The minimum Gasteiger partial charge on any atom is -0.478 e. The third kappa shape index (κ3) is 5.67. The molecular formula is C15H21NO4S. The van der Waals surface area contributed by atoms with Crippen molar-refractivity contribution in [2.75, 3.05) is 12.3 Å². The Morgan fingerprint density at radius 2 is 1.86 bits per heavy atom. The van der Waals surface area contributed by atoms with Crippen molar-refractivity contribution in [2.45, 2.75) is 31.9 Å². The zero-order valence-electron chi connectivity index (χ0n) is 12.5. The van der Waals surface area contributed by atoms with Crippen LogP contribution < -0.4 is 5.32 Å². The van der Waals surface area contributed by atoms with Crippen molar-refractivity contribution in [3.05, 3.63) is 35.4 Å². The first-order valence-corrected chi connectivity index (χ1v) is 8.00. The molecule has 0 aliphatic heterocycles. The number of carboxylic acids is 1. The van der Waals surface area contributed by atoms with Crippen LogP contribution in [0.2, 0.25) is 0 Å². The van der Waals surface area contributed by atoms with Gasteiger partial charge in [-0.05, 0) is 32.4 Å². The standard InChI is InChI=1S/C15H21NO4S/c1-15(2,3)21(20)9-8-16-13(17)10-11-6-4-5-7-12(11)14(18)19/h4-7H,8-10H2,1-3H3,(H,16,17)(H,18,19). The number of nitrogens with one attached hydrogen (secondary N) is 1. The summed E-state index contributed by atoms with van der Waals surface area (Å²) in [6.45, 7) is 5.97. The molecule has 0 bridgehead atoms. The van der Waals surface area contributed by atoms with Crippen molar-refractivity contribution in [1.82, 2.24) is 5.32 Å². The molecule has 116 valence electrons. The monoisotopic (exact) mass is 311 g/mol. The maximum atomic E-state index is 11.8. The van der Waals surface area contributed by atoms with E-state index < -0.39 is 16.8 Å². The molecule has 6 heteroatoms. The van der Waals surface area contributed by atoms with Gasteiger partial charge in [0.15, 0.2) is 0 Å². The first-order valence-electron chi connectivity index (χ1n) is 6.68. The number of hydrogen-bond acceptors (Lipinski definition) is 3. The Balaban J connectivity index is 2.52. The van der Waals surface area contributed by atoms with Crippen molar-refractivity contribution in [1.29, 1.82) is 0 Å². The van der Waals surface area contributed by atoms with Crippen LogP contribution in [0.5, 0.6) is 0 Å². The van der Waals surface area contributed by atoms with E-state index in [1.54, 1.807) is 18.2 Å². The highest BCUT2D eigenvalue weighted by Gasteiger charge is 2.19. The zero-order chi connectivity index (χ0) is 16.0. The Kier molecular flexibility index (Phi) is 6.08. The van der Waals surface area contributed by atoms with Gasteiger partial charge >= 0.3 is 5.97 Å². The van der Waals surface area contributed by atoms with Gasteiger partial charge in [0.25, 0.3) is 0 Å². The number of benzene rings is 1. The third-order valence-electron chi connectivity index (χ3n) is 2.89. The van der Waals surface area contributed by atoms with Gasteiger partial charge in [-0.1, -0.05) is 18.2 Å². The lowest BCUT2D eigenvalue weighted by atomic mass is 10.0. The lowest BCUT2D eigenvalue weighted by molar-refractivity contribution is -0.120. The number of amides is 1. The van der Waals surface area contributed by atoms with E-state index in [9.17, 15) is 13.8 Å². The second-order valence-electron chi connectivity index (χ2n) is 5.65. The van der Waals surface area contributed by atoms with Gasteiger partial charge in [0.1, 0.15) is 0 Å². The van der Waals surface area contributed by atoms with E-state index >= 15 is 0 Å². The predicted octanol–water partition coefficient (Wildman–Crippen LogP) is 1.59. The number of aromatic carboxylic acids is 1. The molecule has 0 aromatic heterocycles. The summed E-state index contributed by atoms with van der Waals surface area (Å²) in [6, 6.07) is 6.41. The average molecular weight is 311 g/mol. The third-order valence-corrected chi connectivity index (χ3v) is 4.83. The van der Waals surface area contributed by atoms with Gasteiger partial charge in [0.05, 0.1) is 12.0 Å². The molecule has 0 radical (unpaired) electrons. The van der Waals surface area contributed by atoms with Gasteiger partial charge in [-0.2, -0.15) is 0 Å². The van der Waals surface area contributed by atoms with E-state index in [1.165, 1.54) is 6.07 Å². The summed E-state index contributed by atoms with van der Waals surface area (Å²) in [5.41, 5.74) is 0.602. The molecule has 0 saturated carbocycles. The SMILES string of the molecule is CC(C)(C)S(=O)CCNC(=O)Cc1ccccc1C(=O)O. The second kappa shape index (κ2) is 7.36. The van der Waals surface area contributed by atoms with Crippen LogP contribution in [0.15, 0.2) is 24.3 Å². The van der Waals surface area contributed by atoms with Gasteiger partial charge in [-0.25, -0.2) is 4.79 Å². The summed E-state index contributed by atoms with van der Waals surface area (Å²) in [6.07, 6.45) is 0.00459. The van der Waals surface area contributed by atoms with Crippen LogP contribution in [0.1, 0.15) is 36.7 Å². The van der Waals surface area contributed by atoms with Crippen molar-refractivity contribution in [3.63, 3.8) is 0 Å². The van der Waals surface area contributed by atoms with Crippen LogP contribution in [0, 0.1) is 0 Å².